The molecule has 2 aromatic heterocycles. The lowest BCUT2D eigenvalue weighted by atomic mass is 10.1. The van der Waals surface area contributed by atoms with Crippen LogP contribution in [0.5, 0.6) is 0 Å². The number of para-hydroxylation sites is 1. The number of nitrogens with one attached hydrogen (secondary N) is 1. The summed E-state index contributed by atoms with van der Waals surface area (Å²) in [5.41, 5.74) is 5.59. The Morgan fingerprint density at radius 1 is 0.966 bits per heavy atom. The Bertz CT molecular complexity index is 1170. The Kier molecular flexibility index (Phi) is 5.37. The van der Waals surface area contributed by atoms with Crippen LogP contribution < -0.4 is 4.90 Å². The molecule has 1 N–H and O–H groups in total. The molecule has 0 saturated heterocycles. The van der Waals surface area contributed by atoms with Gasteiger partial charge in [0, 0.05) is 11.8 Å². The Hall–Kier alpha value is -3.10. The van der Waals surface area contributed by atoms with Crippen LogP contribution in [0.4, 0.5) is 0 Å². The highest BCUT2D eigenvalue weighted by Crippen LogP contribution is 2.13. The summed E-state index contributed by atoms with van der Waals surface area (Å²) in [7, 11) is 2.11. The number of aryl methyl sites for hydroxylation is 2. The van der Waals surface area contributed by atoms with Crippen LogP contribution in [0.25, 0.3) is 11.4 Å². The normalized spacial score (nSPS) is 12.2. The SMILES string of the molecule is Cc1ccc(-n2nnn(C[NH+](C)Cc3cnn(-c4ccccc4)c3)c2=S)cc1C. The van der Waals surface area contributed by atoms with Crippen LogP contribution in [0, 0.1) is 18.6 Å². The summed E-state index contributed by atoms with van der Waals surface area (Å²) < 4.78 is 5.96. The molecule has 2 aromatic carbocycles. The third kappa shape index (κ3) is 4.18. The highest BCUT2D eigenvalue weighted by molar-refractivity contribution is 7.71. The van der Waals surface area contributed by atoms with Crippen molar-refractivity contribution in [1.29, 1.82) is 0 Å². The van der Waals surface area contributed by atoms with E-state index in [9.17, 15) is 0 Å². The van der Waals surface area contributed by atoms with Gasteiger partial charge in [0.1, 0.15) is 6.54 Å². The fraction of sp³-hybridized carbons (Fsp3) is 0.238. The maximum absolute atomic E-state index is 5.61. The molecule has 0 aliphatic heterocycles. The second-order valence-corrected chi connectivity index (χ2v) is 7.73. The van der Waals surface area contributed by atoms with Gasteiger partial charge in [0.15, 0.2) is 6.67 Å². The average molecular weight is 407 g/mol. The molecule has 1 atom stereocenters. The maximum atomic E-state index is 5.61. The van der Waals surface area contributed by atoms with E-state index in [0.29, 0.717) is 11.4 Å². The molecule has 1 unspecified atom stereocenters. The first kappa shape index (κ1) is 19.2. The van der Waals surface area contributed by atoms with Crippen molar-refractivity contribution in [2.45, 2.75) is 27.1 Å². The predicted octanol–water partition coefficient (Wildman–Crippen LogP) is 2.27. The fourth-order valence-corrected chi connectivity index (χ4v) is 3.47. The molecule has 0 saturated carbocycles. The lowest BCUT2D eigenvalue weighted by Crippen LogP contribution is -3.07. The summed E-state index contributed by atoms with van der Waals surface area (Å²) in [4.78, 5) is 1.24. The van der Waals surface area contributed by atoms with Gasteiger partial charge in [-0.1, -0.05) is 24.3 Å². The van der Waals surface area contributed by atoms with E-state index in [1.807, 2.05) is 47.3 Å². The molecular weight excluding hydrogens is 382 g/mol. The molecule has 148 valence electrons. The van der Waals surface area contributed by atoms with Gasteiger partial charge in [0.2, 0.25) is 4.77 Å². The van der Waals surface area contributed by atoms with Crippen molar-refractivity contribution in [2.24, 2.45) is 0 Å². The molecule has 0 radical (unpaired) electrons. The van der Waals surface area contributed by atoms with Gasteiger partial charge in [-0.3, -0.25) is 0 Å². The fourth-order valence-electron chi connectivity index (χ4n) is 3.23. The van der Waals surface area contributed by atoms with Crippen molar-refractivity contribution in [2.75, 3.05) is 7.05 Å². The minimum atomic E-state index is 0.590. The topological polar surface area (TPSA) is 57.9 Å². The number of aromatic nitrogens is 6. The number of rotatable bonds is 6. The third-order valence-electron chi connectivity index (χ3n) is 4.96. The molecule has 8 heteroatoms. The van der Waals surface area contributed by atoms with Crippen molar-refractivity contribution in [3.8, 4) is 11.4 Å². The molecule has 4 aromatic rings. The second kappa shape index (κ2) is 8.10. The summed E-state index contributed by atoms with van der Waals surface area (Å²) in [6.45, 7) is 5.61. The molecule has 0 aliphatic carbocycles. The van der Waals surface area contributed by atoms with Crippen LogP contribution in [0.1, 0.15) is 16.7 Å². The number of nitrogens with zero attached hydrogens (tertiary/aromatic N) is 6. The lowest BCUT2D eigenvalue weighted by molar-refractivity contribution is -0.917. The largest absolute Gasteiger partial charge is 0.315 e. The monoisotopic (exact) mass is 406 g/mol. The number of hydrogen-bond acceptors (Lipinski definition) is 4. The summed E-state index contributed by atoms with van der Waals surface area (Å²) in [5, 5.41) is 13.0. The Morgan fingerprint density at radius 3 is 2.52 bits per heavy atom. The first-order valence-electron chi connectivity index (χ1n) is 9.52. The molecule has 0 fully saturated rings. The lowest BCUT2D eigenvalue weighted by Gasteiger charge is -2.12. The van der Waals surface area contributed by atoms with Crippen LogP contribution >= 0.6 is 12.2 Å². The summed E-state index contributed by atoms with van der Waals surface area (Å²) >= 11 is 5.61. The number of quaternary nitrogens is 1. The van der Waals surface area contributed by atoms with Crippen LogP contribution in [0.2, 0.25) is 0 Å². The molecule has 0 spiro atoms. The smallest absolute Gasteiger partial charge is 0.225 e. The van der Waals surface area contributed by atoms with E-state index >= 15 is 0 Å². The Labute approximate surface area is 174 Å². The molecule has 29 heavy (non-hydrogen) atoms. The van der Waals surface area contributed by atoms with E-state index in [4.69, 9.17) is 12.2 Å². The molecule has 0 aliphatic rings. The molecule has 2 heterocycles. The van der Waals surface area contributed by atoms with Crippen LogP contribution in [-0.4, -0.2) is 36.6 Å². The van der Waals surface area contributed by atoms with Crippen molar-refractivity contribution in [3.63, 3.8) is 0 Å². The van der Waals surface area contributed by atoms with Crippen molar-refractivity contribution in [3.05, 3.63) is 82.4 Å². The van der Waals surface area contributed by atoms with E-state index in [0.717, 1.165) is 23.5 Å². The Balaban J connectivity index is 1.46. The number of benzene rings is 2. The van der Waals surface area contributed by atoms with Gasteiger partial charge in [-0.05, 0) is 71.9 Å². The van der Waals surface area contributed by atoms with Crippen molar-refractivity contribution < 1.29 is 4.90 Å². The van der Waals surface area contributed by atoms with Gasteiger partial charge in [0.25, 0.3) is 0 Å². The predicted molar refractivity (Wildman–Crippen MR) is 114 cm³/mol. The quantitative estimate of drug-likeness (QED) is 0.499. The Morgan fingerprint density at radius 2 is 1.76 bits per heavy atom. The first-order chi connectivity index (χ1) is 14.0. The third-order valence-corrected chi connectivity index (χ3v) is 5.34. The van der Waals surface area contributed by atoms with Gasteiger partial charge >= 0.3 is 0 Å². The standard InChI is InChI=1S/C21H23N7S/c1-16-9-10-20(11-17(16)2)28-21(29)27(23-24-28)15-25(3)13-18-12-22-26(14-18)19-7-5-4-6-8-19/h4-12,14H,13,15H2,1-3H3/p+1. The summed E-state index contributed by atoms with van der Waals surface area (Å²) in [5.74, 6) is 0. The molecule has 4 rings (SSSR count). The highest BCUT2D eigenvalue weighted by atomic mass is 32.1. The minimum Gasteiger partial charge on any atom is -0.315 e. The van der Waals surface area contributed by atoms with Crippen LogP contribution in [-0.2, 0) is 13.2 Å². The zero-order valence-corrected chi connectivity index (χ0v) is 17.6. The van der Waals surface area contributed by atoms with E-state index in [1.165, 1.54) is 16.0 Å². The number of tetrazole rings is 1. The highest BCUT2D eigenvalue weighted by Gasteiger charge is 2.12. The second-order valence-electron chi connectivity index (χ2n) is 7.36. The van der Waals surface area contributed by atoms with Crippen LogP contribution in [0.3, 0.4) is 0 Å². The minimum absolute atomic E-state index is 0.590. The van der Waals surface area contributed by atoms with Gasteiger partial charge in [0.05, 0.1) is 24.6 Å². The first-order valence-corrected chi connectivity index (χ1v) is 9.93. The van der Waals surface area contributed by atoms with E-state index in [-0.39, 0.29) is 0 Å². The van der Waals surface area contributed by atoms with E-state index < -0.39 is 0 Å². The van der Waals surface area contributed by atoms with Gasteiger partial charge < -0.3 is 4.90 Å². The van der Waals surface area contributed by atoms with Gasteiger partial charge in [-0.2, -0.15) is 14.5 Å². The zero-order valence-electron chi connectivity index (χ0n) is 16.8. The average Bonchev–Trinajstić information content (AvgIpc) is 3.32. The molecule has 0 bridgehead atoms. The molecule has 0 amide bonds. The van der Waals surface area contributed by atoms with E-state index in [2.05, 4.69) is 54.8 Å². The van der Waals surface area contributed by atoms with Crippen molar-refractivity contribution in [1.82, 2.24) is 29.6 Å². The summed E-state index contributed by atoms with van der Waals surface area (Å²) in [6, 6.07) is 16.3. The zero-order chi connectivity index (χ0) is 20.4. The summed E-state index contributed by atoms with van der Waals surface area (Å²) in [6.07, 6.45) is 3.96. The molecular formula is C21H24N7S+. The van der Waals surface area contributed by atoms with Crippen LogP contribution in [0.15, 0.2) is 60.9 Å². The van der Waals surface area contributed by atoms with E-state index in [1.54, 1.807) is 9.36 Å². The number of hydrogen-bond donors (Lipinski definition) is 1. The van der Waals surface area contributed by atoms with Gasteiger partial charge in [-0.25, -0.2) is 4.68 Å². The molecule has 7 nitrogen and oxygen atoms in total. The van der Waals surface area contributed by atoms with Gasteiger partial charge in [-0.15, -0.1) is 0 Å². The maximum Gasteiger partial charge on any atom is 0.225 e. The van der Waals surface area contributed by atoms with Crippen molar-refractivity contribution >= 4 is 12.2 Å².